The van der Waals surface area contributed by atoms with Crippen LogP contribution in [0.4, 0.5) is 0 Å². The van der Waals surface area contributed by atoms with Gasteiger partial charge in [0.25, 0.3) is 0 Å². The second kappa shape index (κ2) is 9.17. The van der Waals surface area contributed by atoms with Gasteiger partial charge in [-0.1, -0.05) is 0 Å². The average molecular weight is 158 g/mol. The van der Waals surface area contributed by atoms with Gasteiger partial charge in [0.05, 0.1) is 0 Å². The van der Waals surface area contributed by atoms with Crippen molar-refractivity contribution in [2.75, 3.05) is 6.54 Å². The van der Waals surface area contributed by atoms with E-state index < -0.39 is 0 Å². The fourth-order valence-electron chi connectivity index (χ4n) is 0.0833. The van der Waals surface area contributed by atoms with Crippen molar-refractivity contribution in [2.45, 2.75) is 0 Å². The van der Waals surface area contributed by atoms with E-state index in [2.05, 4.69) is 12.2 Å². The third-order valence-corrected chi connectivity index (χ3v) is 0.262. The number of nitrogens with one attached hydrogen (secondary N) is 1. The molecule has 0 saturated carbocycles. The molecule has 0 aliphatic heterocycles. The Hall–Kier alpha value is 0.644. The first-order valence-corrected chi connectivity index (χ1v) is 1.48. The van der Waals surface area contributed by atoms with E-state index >= 15 is 0 Å². The summed E-state index contributed by atoms with van der Waals surface area (Å²) in [6.07, 6.45) is 1.37. The summed E-state index contributed by atoms with van der Waals surface area (Å²) in [4.78, 5) is 0. The Kier molecular flexibility index (Phi) is 15.0. The van der Waals surface area contributed by atoms with Crippen molar-refractivity contribution < 1.29 is 32.7 Å². The van der Waals surface area contributed by atoms with Crippen LogP contribution in [0.15, 0.2) is 6.20 Å². The summed E-state index contributed by atoms with van der Waals surface area (Å²) in [5, 5.41) is 2.65. The van der Waals surface area contributed by atoms with Crippen LogP contribution < -0.4 is 5.32 Å². The van der Waals surface area contributed by atoms with Gasteiger partial charge < -0.3 is 18.8 Å². The van der Waals surface area contributed by atoms with Gasteiger partial charge in [-0.3, -0.25) is 0 Å². The zero-order valence-corrected chi connectivity index (χ0v) is 6.48. The van der Waals surface area contributed by atoms with Crippen LogP contribution in [-0.4, -0.2) is 6.54 Å². The third kappa shape index (κ3) is 8.82. The maximum Gasteiger partial charge on any atom is 0 e. The van der Waals surface area contributed by atoms with Crippen molar-refractivity contribution in [1.29, 1.82) is 0 Å². The molecule has 0 aliphatic rings. The normalized spacial score (nSPS) is 5.50. The van der Waals surface area contributed by atoms with E-state index in [1.165, 1.54) is 6.20 Å². The van der Waals surface area contributed by atoms with Gasteiger partial charge in [0, 0.05) is 32.7 Å². The Morgan fingerprint density at radius 1 is 1.83 bits per heavy atom. The van der Waals surface area contributed by atoms with E-state index in [1.807, 2.05) is 0 Å². The minimum absolute atomic E-state index is 0. The number of hydrogen-bond acceptors (Lipinski definition) is 1. The first-order chi connectivity index (χ1) is 2.41. The van der Waals surface area contributed by atoms with Crippen molar-refractivity contribution in [3.8, 4) is 0 Å². The fourth-order valence-corrected chi connectivity index (χ4v) is 0.0833. The third-order valence-electron chi connectivity index (χ3n) is 0.262. The van der Waals surface area contributed by atoms with Crippen molar-refractivity contribution in [1.82, 2.24) is 5.32 Å². The van der Waals surface area contributed by atoms with Crippen molar-refractivity contribution in [3.05, 3.63) is 19.7 Å². The molecule has 0 aromatic rings. The average Bonchev–Trinajstić information content (AvgIpc) is 1.41. The molecule has 0 saturated heterocycles. The van der Waals surface area contributed by atoms with E-state index in [1.54, 1.807) is 0 Å². The molecular weight excluding hydrogens is 151 g/mol. The summed E-state index contributed by atoms with van der Waals surface area (Å²) >= 11 is 0. The maximum atomic E-state index is 4.86. The van der Waals surface area contributed by atoms with Crippen LogP contribution in [0, 0.1) is 13.5 Å². The van der Waals surface area contributed by atoms with Gasteiger partial charge in [0.2, 0.25) is 0 Å². The molecule has 0 aromatic heterocycles. The number of rotatable bonds is 2. The Balaban J connectivity index is 0. The summed E-state index contributed by atoms with van der Waals surface area (Å²) < 4.78 is 0. The zero-order valence-electron chi connectivity index (χ0n) is 3.65. The van der Waals surface area contributed by atoms with Crippen LogP contribution in [0.3, 0.4) is 0 Å². The molecule has 6 heavy (non-hydrogen) atoms. The molecule has 0 fully saturated rings. The largest absolute Gasteiger partial charge is 0.497 e. The van der Waals surface area contributed by atoms with E-state index in [4.69, 9.17) is 6.58 Å². The predicted molar refractivity (Wildman–Crippen MR) is 22.2 cm³/mol. The quantitative estimate of drug-likeness (QED) is 0.572. The summed E-state index contributed by atoms with van der Waals surface area (Å²) in [6.45, 7) is 8.98. The first kappa shape index (κ1) is 9.81. The molecule has 0 heterocycles. The van der Waals surface area contributed by atoms with Crippen LogP contribution in [0.25, 0.3) is 0 Å². The number of hydrogen-bond donors (Lipinski definition) is 1. The molecule has 1 radical (unpaired) electrons. The molecule has 33 valence electrons. The van der Waals surface area contributed by atoms with Gasteiger partial charge in [0.15, 0.2) is 0 Å². The Morgan fingerprint density at radius 3 is 2.33 bits per heavy atom. The summed E-state index contributed by atoms with van der Waals surface area (Å²) in [5.41, 5.74) is 0. The summed E-state index contributed by atoms with van der Waals surface area (Å²) in [5.74, 6) is 0. The molecule has 0 rings (SSSR count). The molecule has 0 aromatic carbocycles. The molecule has 0 amide bonds. The minimum Gasteiger partial charge on any atom is -0.497 e. The van der Waals surface area contributed by atoms with Crippen molar-refractivity contribution >= 4 is 0 Å². The summed E-state index contributed by atoms with van der Waals surface area (Å²) in [6, 6.07) is 0. The summed E-state index contributed by atoms with van der Waals surface area (Å²) in [7, 11) is 0. The van der Waals surface area contributed by atoms with E-state index in [0.29, 0.717) is 6.54 Å². The molecule has 0 unspecified atom stereocenters. The van der Waals surface area contributed by atoms with Crippen LogP contribution in [0.2, 0.25) is 0 Å². The SMILES string of the molecule is [CH-]=CNC[CH2-].[Y]. The maximum absolute atomic E-state index is 4.86. The van der Waals surface area contributed by atoms with Crippen LogP contribution in [0.1, 0.15) is 0 Å². The van der Waals surface area contributed by atoms with Crippen LogP contribution in [0.5, 0.6) is 0 Å². The van der Waals surface area contributed by atoms with Gasteiger partial charge >= 0.3 is 0 Å². The molecule has 1 N–H and O–H groups in total. The zero-order chi connectivity index (χ0) is 4.12. The second-order valence-electron chi connectivity index (χ2n) is 0.621. The predicted octanol–water partition coefficient (Wildman–Crippen LogP) is 0.354. The van der Waals surface area contributed by atoms with E-state index in [-0.39, 0.29) is 32.7 Å². The fraction of sp³-hybridized carbons (Fsp3) is 0.250. The Labute approximate surface area is 64.1 Å². The van der Waals surface area contributed by atoms with Crippen LogP contribution >= 0.6 is 0 Å². The van der Waals surface area contributed by atoms with Gasteiger partial charge in [-0.25, -0.2) is 0 Å². The molecule has 2 heteroatoms. The second-order valence-corrected chi connectivity index (χ2v) is 0.621. The Bertz CT molecular complexity index is 28.7. The van der Waals surface area contributed by atoms with Gasteiger partial charge in [-0.2, -0.15) is 6.20 Å². The van der Waals surface area contributed by atoms with Gasteiger partial charge in [-0.05, 0) is 0 Å². The molecular formula is C4H7NY-2. The Morgan fingerprint density at radius 2 is 2.33 bits per heavy atom. The molecule has 0 aliphatic carbocycles. The van der Waals surface area contributed by atoms with Gasteiger partial charge in [-0.15, -0.1) is 6.54 Å². The monoisotopic (exact) mass is 158 g/mol. The molecule has 1 nitrogen and oxygen atoms in total. The minimum atomic E-state index is 0. The topological polar surface area (TPSA) is 12.0 Å². The van der Waals surface area contributed by atoms with Crippen molar-refractivity contribution in [3.63, 3.8) is 0 Å². The smallest absolute Gasteiger partial charge is 0 e. The molecule has 0 atom stereocenters. The van der Waals surface area contributed by atoms with E-state index in [9.17, 15) is 0 Å². The van der Waals surface area contributed by atoms with Gasteiger partial charge in [0.1, 0.15) is 0 Å². The first-order valence-electron chi connectivity index (χ1n) is 1.48. The van der Waals surface area contributed by atoms with Crippen LogP contribution in [-0.2, 0) is 32.7 Å². The molecule has 0 bridgehead atoms. The van der Waals surface area contributed by atoms with Crippen molar-refractivity contribution in [2.24, 2.45) is 0 Å². The van der Waals surface area contributed by atoms with E-state index in [0.717, 1.165) is 0 Å². The molecule has 0 spiro atoms. The standard InChI is InChI=1S/C4H7N.Y/c1-3-5-4-2;/h1,3,5H,2,4H2;/q-2;.